The molecule has 4 N–H and O–H groups in total. The molecule has 3 unspecified atom stereocenters. The number of hydrogen-bond acceptors (Lipinski definition) is 11. The predicted octanol–water partition coefficient (Wildman–Crippen LogP) is 9.67. The fourth-order valence-electron chi connectivity index (χ4n) is 6.52. The number of carbonyl (C=O) groups is 2. The average molecular weight is 893 g/mol. The normalized spacial score (nSPS) is 20.6. The van der Waals surface area contributed by atoms with Crippen LogP contribution in [0, 0.1) is 0 Å². The number of esters is 2. The van der Waals surface area contributed by atoms with Crippen molar-refractivity contribution < 1.29 is 56.8 Å². The van der Waals surface area contributed by atoms with Gasteiger partial charge in [0.2, 0.25) is 0 Å². The lowest BCUT2D eigenvalue weighted by molar-refractivity contribution is -0.297. The minimum atomic E-state index is -4.61. The molecular formula is C49H80O12S. The Morgan fingerprint density at radius 3 is 1.65 bits per heavy atom. The molecule has 1 aliphatic heterocycles. The van der Waals surface area contributed by atoms with E-state index in [0.717, 1.165) is 70.6 Å². The van der Waals surface area contributed by atoms with Crippen LogP contribution in [0.25, 0.3) is 0 Å². The van der Waals surface area contributed by atoms with E-state index in [2.05, 4.69) is 62.5 Å². The Morgan fingerprint density at radius 1 is 0.565 bits per heavy atom. The molecular weight excluding hydrogens is 813 g/mol. The number of unbranched alkanes of at least 4 members (excludes halogenated alkanes) is 14. The summed E-state index contributed by atoms with van der Waals surface area (Å²) in [7, 11) is -4.61. The lowest BCUT2D eigenvalue weighted by Gasteiger charge is -2.40. The van der Waals surface area contributed by atoms with Crippen molar-refractivity contribution in [3.05, 3.63) is 85.1 Å². The average Bonchev–Trinajstić information content (AvgIpc) is 3.24. The van der Waals surface area contributed by atoms with Gasteiger partial charge in [0, 0.05) is 12.8 Å². The molecule has 12 nitrogen and oxygen atoms in total. The fourth-order valence-corrected chi connectivity index (χ4v) is 7.22. The third kappa shape index (κ3) is 32.5. The molecule has 1 fully saturated rings. The van der Waals surface area contributed by atoms with Crippen molar-refractivity contribution in [2.45, 2.75) is 192 Å². The summed E-state index contributed by atoms with van der Waals surface area (Å²) >= 11 is 0. The van der Waals surface area contributed by atoms with Gasteiger partial charge < -0.3 is 34.3 Å². The van der Waals surface area contributed by atoms with E-state index in [1.54, 1.807) is 0 Å². The Labute approximate surface area is 373 Å². The van der Waals surface area contributed by atoms with E-state index < -0.39 is 71.2 Å². The zero-order chi connectivity index (χ0) is 45.5. The number of carbonyl (C=O) groups excluding carboxylic acids is 2. The first-order valence-corrected chi connectivity index (χ1v) is 24.8. The molecule has 0 aromatic carbocycles. The first kappa shape index (κ1) is 56.8. The summed E-state index contributed by atoms with van der Waals surface area (Å²) in [5.41, 5.74) is 0. The van der Waals surface area contributed by atoms with E-state index >= 15 is 0 Å². The number of ether oxygens (including phenoxy) is 4. The van der Waals surface area contributed by atoms with Crippen LogP contribution in [-0.2, 0) is 38.7 Å². The molecule has 0 aromatic heterocycles. The van der Waals surface area contributed by atoms with Gasteiger partial charge in [0.1, 0.15) is 36.8 Å². The summed E-state index contributed by atoms with van der Waals surface area (Å²) in [6.45, 7) is 3.46. The third-order valence-electron chi connectivity index (χ3n) is 10.1. The molecule has 0 spiro atoms. The van der Waals surface area contributed by atoms with E-state index in [1.165, 1.54) is 44.9 Å². The van der Waals surface area contributed by atoms with Gasteiger partial charge in [0.25, 0.3) is 10.1 Å². The van der Waals surface area contributed by atoms with Crippen molar-refractivity contribution in [3.63, 3.8) is 0 Å². The number of aliphatic hydroxyl groups is 3. The first-order valence-electron chi connectivity index (χ1n) is 23.2. The summed E-state index contributed by atoms with van der Waals surface area (Å²) < 4.78 is 54.0. The van der Waals surface area contributed by atoms with E-state index in [-0.39, 0.29) is 19.4 Å². The van der Waals surface area contributed by atoms with Gasteiger partial charge in [-0.15, -0.1) is 0 Å². The van der Waals surface area contributed by atoms with E-state index in [0.29, 0.717) is 12.8 Å². The Hall–Kier alpha value is -3.17. The molecule has 0 aromatic rings. The molecule has 6 atom stereocenters. The molecule has 0 saturated carbocycles. The number of aliphatic hydroxyl groups excluding tert-OH is 3. The van der Waals surface area contributed by atoms with Gasteiger partial charge in [-0.1, -0.05) is 163 Å². The van der Waals surface area contributed by atoms with Crippen LogP contribution < -0.4 is 0 Å². The molecule has 354 valence electrons. The summed E-state index contributed by atoms with van der Waals surface area (Å²) in [6.07, 6.45) is 40.6. The SMILES string of the molecule is CC/C=C/C=C/C=C/C=C/CCCCCC(=O)OC(COC(=O)CCCCCCCCCCCCC/C=C/C/C=C/C/C=C/CC)CO[C@H]1O[C@H](CS(=O)(=O)O)[C@@H](O)C(O)C1O. The smallest absolute Gasteiger partial charge is 0.306 e. The second-order valence-corrected chi connectivity index (χ2v) is 17.2. The van der Waals surface area contributed by atoms with Crippen LogP contribution in [0.15, 0.2) is 85.1 Å². The predicted molar refractivity (Wildman–Crippen MR) is 247 cm³/mol. The Kier molecular flexibility index (Phi) is 35.1. The van der Waals surface area contributed by atoms with E-state index in [9.17, 15) is 37.9 Å². The summed E-state index contributed by atoms with van der Waals surface area (Å²) in [4.78, 5) is 25.4. The molecule has 13 heteroatoms. The Balaban J connectivity index is 2.41. The molecule has 1 rings (SSSR count). The largest absolute Gasteiger partial charge is 0.462 e. The zero-order valence-electron chi connectivity index (χ0n) is 37.7. The van der Waals surface area contributed by atoms with Gasteiger partial charge in [0.05, 0.1) is 6.61 Å². The molecule has 0 aliphatic carbocycles. The summed E-state index contributed by atoms with van der Waals surface area (Å²) in [6, 6.07) is 0. The summed E-state index contributed by atoms with van der Waals surface area (Å²) in [5.74, 6) is -2.05. The molecule has 1 saturated heterocycles. The van der Waals surface area contributed by atoms with Crippen LogP contribution in [0.1, 0.15) is 155 Å². The van der Waals surface area contributed by atoms with Crippen LogP contribution in [0.2, 0.25) is 0 Å². The van der Waals surface area contributed by atoms with Gasteiger partial charge in [-0.3, -0.25) is 14.1 Å². The van der Waals surface area contributed by atoms with Crippen molar-refractivity contribution in [2.75, 3.05) is 19.0 Å². The van der Waals surface area contributed by atoms with Crippen LogP contribution in [-0.4, -0.2) is 96.0 Å². The zero-order valence-corrected chi connectivity index (χ0v) is 38.5. The Bertz CT molecular complexity index is 1460. The molecule has 1 heterocycles. The van der Waals surface area contributed by atoms with Gasteiger partial charge in [-0.05, 0) is 64.2 Å². The second kappa shape index (κ2) is 38.3. The monoisotopic (exact) mass is 893 g/mol. The van der Waals surface area contributed by atoms with Crippen molar-refractivity contribution >= 4 is 22.1 Å². The van der Waals surface area contributed by atoms with Crippen molar-refractivity contribution in [1.29, 1.82) is 0 Å². The third-order valence-corrected chi connectivity index (χ3v) is 10.8. The molecule has 62 heavy (non-hydrogen) atoms. The highest BCUT2D eigenvalue weighted by atomic mass is 32.2. The number of allylic oxidation sites excluding steroid dienone is 14. The number of rotatable bonds is 37. The highest BCUT2D eigenvalue weighted by Gasteiger charge is 2.46. The first-order chi connectivity index (χ1) is 30.0. The molecule has 0 amide bonds. The quantitative estimate of drug-likeness (QED) is 0.0152. The maximum absolute atomic E-state index is 12.8. The molecule has 1 aliphatic rings. The molecule has 0 bridgehead atoms. The lowest BCUT2D eigenvalue weighted by atomic mass is 10.00. The standard InChI is InChI=1S/C49H80O12S/c1-3-5-7-9-11-13-15-17-18-19-20-21-22-23-24-26-27-29-31-33-35-37-44(50)58-39-42(40-59-49-48(54)47(53)46(52)43(61-49)41-62(55,56)57)60-45(51)38-36-34-32-30-28-25-16-14-12-10-8-6-4-2/h5-8,10-14,16-18,25,28,42-43,46-49,52-54H,3-4,9,15,19-24,26-27,29-41H2,1-2H3,(H,55,56,57)/b7-5+,8-6+,12-10+,13-11+,16-14+,18-17+,28-25+/t42?,43-,46-,47?,48?,49+/m1/s1. The van der Waals surface area contributed by atoms with Crippen molar-refractivity contribution in [1.82, 2.24) is 0 Å². The van der Waals surface area contributed by atoms with Crippen molar-refractivity contribution in [2.24, 2.45) is 0 Å². The van der Waals surface area contributed by atoms with Gasteiger partial charge in [0.15, 0.2) is 12.4 Å². The van der Waals surface area contributed by atoms with Gasteiger partial charge in [-0.25, -0.2) is 0 Å². The minimum absolute atomic E-state index is 0.113. The van der Waals surface area contributed by atoms with E-state index in [4.69, 9.17) is 18.9 Å². The maximum atomic E-state index is 12.8. The highest BCUT2D eigenvalue weighted by molar-refractivity contribution is 7.85. The number of hydrogen-bond donors (Lipinski definition) is 4. The molecule has 0 radical (unpaired) electrons. The second-order valence-electron chi connectivity index (χ2n) is 15.7. The van der Waals surface area contributed by atoms with Crippen LogP contribution in [0.4, 0.5) is 0 Å². The lowest BCUT2D eigenvalue weighted by Crippen LogP contribution is -2.60. The maximum Gasteiger partial charge on any atom is 0.306 e. The van der Waals surface area contributed by atoms with Gasteiger partial charge in [-0.2, -0.15) is 8.42 Å². The van der Waals surface area contributed by atoms with Crippen molar-refractivity contribution in [3.8, 4) is 0 Å². The van der Waals surface area contributed by atoms with E-state index in [1.807, 2.05) is 36.5 Å². The van der Waals surface area contributed by atoms with Crippen LogP contribution in [0.3, 0.4) is 0 Å². The van der Waals surface area contributed by atoms with Gasteiger partial charge >= 0.3 is 11.9 Å². The highest BCUT2D eigenvalue weighted by Crippen LogP contribution is 2.24. The fraction of sp³-hybridized carbons (Fsp3) is 0.673. The Morgan fingerprint density at radius 2 is 1.05 bits per heavy atom. The van der Waals surface area contributed by atoms with Crippen LogP contribution in [0.5, 0.6) is 0 Å². The minimum Gasteiger partial charge on any atom is -0.462 e. The summed E-state index contributed by atoms with van der Waals surface area (Å²) in [5, 5.41) is 30.9. The van der Waals surface area contributed by atoms with Crippen LogP contribution >= 0.6 is 0 Å². The topological polar surface area (TPSA) is 186 Å².